The van der Waals surface area contributed by atoms with E-state index in [2.05, 4.69) is 15.3 Å². The van der Waals surface area contributed by atoms with E-state index >= 15 is 0 Å². The van der Waals surface area contributed by atoms with E-state index in [0.29, 0.717) is 24.0 Å². The van der Waals surface area contributed by atoms with Crippen molar-refractivity contribution in [1.29, 1.82) is 5.26 Å². The van der Waals surface area contributed by atoms with Gasteiger partial charge < -0.3 is 11.1 Å². The van der Waals surface area contributed by atoms with Crippen LogP contribution < -0.4 is 16.6 Å². The number of nitrogens with zero attached hydrogens (tertiary/aromatic N) is 4. The van der Waals surface area contributed by atoms with Crippen molar-refractivity contribution >= 4 is 17.2 Å². The van der Waals surface area contributed by atoms with Crippen LogP contribution in [0.5, 0.6) is 0 Å². The number of pyridine rings is 2. The van der Waals surface area contributed by atoms with Crippen molar-refractivity contribution in [1.82, 2.24) is 14.4 Å². The summed E-state index contributed by atoms with van der Waals surface area (Å²) in [7, 11) is 0. The van der Waals surface area contributed by atoms with Gasteiger partial charge in [0, 0.05) is 17.8 Å². The Labute approximate surface area is 181 Å². The number of anilines is 2. The molecule has 0 saturated carbocycles. The number of fused-ring (bicyclic) bond motifs is 1. The van der Waals surface area contributed by atoms with Gasteiger partial charge in [0.25, 0.3) is 5.56 Å². The van der Waals surface area contributed by atoms with Crippen molar-refractivity contribution in [3.63, 3.8) is 0 Å². The zero-order valence-corrected chi connectivity index (χ0v) is 17.1. The number of benzene rings is 1. The molecule has 0 unspecified atom stereocenters. The van der Waals surface area contributed by atoms with E-state index < -0.39 is 11.6 Å². The maximum absolute atomic E-state index is 14.0. The first-order chi connectivity index (χ1) is 15.4. The van der Waals surface area contributed by atoms with Crippen LogP contribution in [0.3, 0.4) is 0 Å². The summed E-state index contributed by atoms with van der Waals surface area (Å²) in [5.74, 6) is -1.68. The molecule has 0 amide bonds. The molecule has 3 heterocycles. The van der Waals surface area contributed by atoms with E-state index in [0.717, 1.165) is 17.8 Å². The highest BCUT2D eigenvalue weighted by Gasteiger charge is 2.16. The topological polar surface area (TPSA) is 109 Å². The zero-order valence-electron chi connectivity index (χ0n) is 17.1. The van der Waals surface area contributed by atoms with E-state index in [1.54, 1.807) is 19.1 Å². The SMILES string of the molecule is Cc1cccc2cc(CCNc3ncnc(N)c3C#N)c(-c3ccc(F)c(F)c3)c(=O)n12. The molecule has 0 aliphatic heterocycles. The minimum atomic E-state index is -1.03. The van der Waals surface area contributed by atoms with Gasteiger partial charge in [-0.05, 0) is 54.8 Å². The van der Waals surface area contributed by atoms with Gasteiger partial charge in [0.15, 0.2) is 11.6 Å². The lowest BCUT2D eigenvalue weighted by Gasteiger charge is -2.15. The molecule has 0 radical (unpaired) electrons. The van der Waals surface area contributed by atoms with Crippen molar-refractivity contribution in [2.75, 3.05) is 17.6 Å². The first-order valence-corrected chi connectivity index (χ1v) is 9.75. The third-order valence-electron chi connectivity index (χ3n) is 5.16. The predicted octanol–water partition coefficient (Wildman–Crippen LogP) is 3.45. The zero-order chi connectivity index (χ0) is 22.8. The average Bonchev–Trinajstić information content (AvgIpc) is 2.76. The van der Waals surface area contributed by atoms with Crippen LogP contribution in [0.4, 0.5) is 20.4 Å². The van der Waals surface area contributed by atoms with Crippen molar-refractivity contribution in [2.45, 2.75) is 13.3 Å². The average molecular weight is 432 g/mol. The van der Waals surface area contributed by atoms with Gasteiger partial charge in [-0.2, -0.15) is 5.26 Å². The molecule has 4 aromatic rings. The van der Waals surface area contributed by atoms with Crippen LogP contribution in [-0.2, 0) is 6.42 Å². The molecule has 0 fully saturated rings. The Balaban J connectivity index is 1.78. The van der Waals surface area contributed by atoms with E-state index in [9.17, 15) is 18.8 Å². The summed E-state index contributed by atoms with van der Waals surface area (Å²) < 4.78 is 29.0. The number of rotatable bonds is 5. The fourth-order valence-corrected chi connectivity index (χ4v) is 3.65. The van der Waals surface area contributed by atoms with Crippen molar-refractivity contribution < 1.29 is 8.78 Å². The largest absolute Gasteiger partial charge is 0.382 e. The molecule has 160 valence electrons. The number of nitriles is 1. The van der Waals surface area contributed by atoms with Crippen LogP contribution >= 0.6 is 0 Å². The standard InChI is InChI=1S/C23H18F2N6O/c1-13-3-2-4-16-9-15(7-8-28-22-17(11-26)21(27)29-12-30-22)20(23(32)31(13)16)14-5-6-18(24)19(25)10-14/h2-6,9-10,12H,7-8H2,1H3,(H3,27,28,29,30). The molecule has 0 saturated heterocycles. The molecule has 9 heteroatoms. The monoisotopic (exact) mass is 432 g/mol. The Morgan fingerprint density at radius 3 is 2.72 bits per heavy atom. The molecule has 1 aromatic carbocycles. The van der Waals surface area contributed by atoms with Gasteiger partial charge >= 0.3 is 0 Å². The van der Waals surface area contributed by atoms with Gasteiger partial charge in [0.2, 0.25) is 0 Å². The number of hydrogen-bond donors (Lipinski definition) is 2. The number of nitrogen functional groups attached to an aromatic ring is 1. The van der Waals surface area contributed by atoms with E-state index in [1.807, 2.05) is 18.2 Å². The quantitative estimate of drug-likeness (QED) is 0.500. The van der Waals surface area contributed by atoms with Crippen LogP contribution in [0.15, 0.2) is 53.6 Å². The third kappa shape index (κ3) is 3.74. The first kappa shape index (κ1) is 20.9. The molecule has 32 heavy (non-hydrogen) atoms. The Hall–Kier alpha value is -4.32. The molecule has 4 rings (SSSR count). The molecule has 0 spiro atoms. The number of aryl methyl sites for hydroxylation is 1. The lowest BCUT2D eigenvalue weighted by molar-refractivity contribution is 0.509. The molecule has 7 nitrogen and oxygen atoms in total. The summed E-state index contributed by atoms with van der Waals surface area (Å²) in [5, 5.41) is 12.3. The van der Waals surface area contributed by atoms with Crippen LogP contribution in [0.25, 0.3) is 16.6 Å². The second-order valence-electron chi connectivity index (χ2n) is 7.18. The second-order valence-corrected chi connectivity index (χ2v) is 7.18. The van der Waals surface area contributed by atoms with E-state index in [1.165, 1.54) is 16.8 Å². The molecule has 0 aliphatic carbocycles. The number of nitrogens with one attached hydrogen (secondary N) is 1. The van der Waals surface area contributed by atoms with Crippen LogP contribution in [0.2, 0.25) is 0 Å². The maximum Gasteiger partial charge on any atom is 0.263 e. The minimum Gasteiger partial charge on any atom is -0.382 e. The smallest absolute Gasteiger partial charge is 0.263 e. The van der Waals surface area contributed by atoms with Crippen LogP contribution in [-0.4, -0.2) is 20.9 Å². The van der Waals surface area contributed by atoms with Crippen molar-refractivity contribution in [3.8, 4) is 17.2 Å². The van der Waals surface area contributed by atoms with Crippen molar-refractivity contribution in [2.24, 2.45) is 0 Å². The number of halogens is 2. The number of hydrogen-bond acceptors (Lipinski definition) is 6. The lowest BCUT2D eigenvalue weighted by Crippen LogP contribution is -2.21. The fraction of sp³-hybridized carbons (Fsp3) is 0.130. The van der Waals surface area contributed by atoms with Gasteiger partial charge in [-0.1, -0.05) is 12.1 Å². The number of nitrogens with two attached hydrogens (primary N) is 1. The highest BCUT2D eigenvalue weighted by Crippen LogP contribution is 2.25. The van der Waals surface area contributed by atoms with E-state index in [4.69, 9.17) is 5.73 Å². The Morgan fingerprint density at radius 1 is 1.16 bits per heavy atom. The fourth-order valence-electron chi connectivity index (χ4n) is 3.65. The molecule has 3 aromatic heterocycles. The third-order valence-corrected chi connectivity index (χ3v) is 5.16. The van der Waals surface area contributed by atoms with E-state index in [-0.39, 0.29) is 33.9 Å². The van der Waals surface area contributed by atoms with Gasteiger partial charge in [-0.15, -0.1) is 0 Å². The molecule has 0 aliphatic rings. The molecular formula is C23H18F2N6O. The lowest BCUT2D eigenvalue weighted by atomic mass is 9.98. The molecular weight excluding hydrogens is 414 g/mol. The summed E-state index contributed by atoms with van der Waals surface area (Å²) in [6, 6.07) is 12.6. The highest BCUT2D eigenvalue weighted by molar-refractivity contribution is 5.70. The summed E-state index contributed by atoms with van der Waals surface area (Å²) in [6.45, 7) is 2.11. The van der Waals surface area contributed by atoms with Gasteiger partial charge in [-0.3, -0.25) is 9.20 Å². The van der Waals surface area contributed by atoms with Gasteiger partial charge in [-0.25, -0.2) is 18.7 Å². The summed E-state index contributed by atoms with van der Waals surface area (Å²) in [6.07, 6.45) is 1.60. The minimum absolute atomic E-state index is 0.0619. The molecule has 0 atom stereocenters. The summed E-state index contributed by atoms with van der Waals surface area (Å²) in [5.41, 5.74) is 8.11. The normalized spacial score (nSPS) is 10.8. The Kier molecular flexibility index (Phi) is 5.52. The number of aromatic nitrogens is 3. The van der Waals surface area contributed by atoms with Crippen LogP contribution in [0.1, 0.15) is 16.8 Å². The Bertz CT molecular complexity index is 1440. The highest BCUT2D eigenvalue weighted by atomic mass is 19.2. The summed E-state index contributed by atoms with van der Waals surface area (Å²) >= 11 is 0. The summed E-state index contributed by atoms with van der Waals surface area (Å²) in [4.78, 5) is 21.2. The molecule has 3 N–H and O–H groups in total. The van der Waals surface area contributed by atoms with Crippen molar-refractivity contribution in [3.05, 3.63) is 87.6 Å². The Morgan fingerprint density at radius 2 is 1.97 bits per heavy atom. The first-order valence-electron chi connectivity index (χ1n) is 9.75. The predicted molar refractivity (Wildman–Crippen MR) is 117 cm³/mol. The van der Waals surface area contributed by atoms with Crippen LogP contribution in [0, 0.1) is 29.9 Å². The van der Waals surface area contributed by atoms with Gasteiger partial charge in [0.1, 0.15) is 29.6 Å². The maximum atomic E-state index is 14.0. The molecule has 0 bridgehead atoms. The second kappa shape index (κ2) is 8.43. The van der Waals surface area contributed by atoms with Gasteiger partial charge in [0.05, 0.1) is 5.56 Å².